The van der Waals surface area contributed by atoms with E-state index in [0.29, 0.717) is 6.61 Å². The average Bonchev–Trinajstić information content (AvgIpc) is 2.41. The average molecular weight is 185 g/mol. The number of hydrogen-bond acceptors (Lipinski definition) is 2. The fourth-order valence-corrected chi connectivity index (χ4v) is 2.43. The van der Waals surface area contributed by atoms with Crippen LogP contribution in [0.4, 0.5) is 0 Å². The highest BCUT2D eigenvalue weighted by atomic mass is 16.5. The van der Waals surface area contributed by atoms with Crippen molar-refractivity contribution in [1.29, 1.82) is 0 Å². The molecule has 3 fully saturated rings. The summed E-state index contributed by atoms with van der Waals surface area (Å²) in [5.74, 6) is 0.217. The molecule has 1 aliphatic carbocycles. The monoisotopic (exact) mass is 185 g/mol. The summed E-state index contributed by atoms with van der Waals surface area (Å²) in [6, 6.07) is 0. The van der Waals surface area contributed by atoms with Crippen molar-refractivity contribution in [3.05, 3.63) is 0 Å². The lowest BCUT2D eigenvalue weighted by atomic mass is 9.69. The molecule has 1 saturated carbocycles. The second kappa shape index (κ2) is 2.47. The SMILES string of the molecule is CC(C)C(=O)NC12COC(C)(C1)C2.[HH]. The molecular weight excluding hydrogens is 166 g/mol. The van der Waals surface area contributed by atoms with Gasteiger partial charge >= 0.3 is 0 Å². The summed E-state index contributed by atoms with van der Waals surface area (Å²) in [5.41, 5.74) is 0.0420. The van der Waals surface area contributed by atoms with E-state index in [1.165, 1.54) is 0 Å². The van der Waals surface area contributed by atoms with Crippen LogP contribution in [0.2, 0.25) is 0 Å². The van der Waals surface area contributed by atoms with E-state index in [9.17, 15) is 4.79 Å². The highest BCUT2D eigenvalue weighted by molar-refractivity contribution is 5.79. The highest BCUT2D eigenvalue weighted by Gasteiger charge is 2.60. The van der Waals surface area contributed by atoms with Gasteiger partial charge in [0.2, 0.25) is 5.91 Å². The van der Waals surface area contributed by atoms with Gasteiger partial charge in [-0.15, -0.1) is 0 Å². The van der Waals surface area contributed by atoms with E-state index in [4.69, 9.17) is 4.74 Å². The molecule has 3 rings (SSSR count). The molecular formula is C10H19NO2. The second-order valence-electron chi connectivity index (χ2n) is 5.02. The predicted octanol–water partition coefficient (Wildman–Crippen LogP) is 1.33. The number of ether oxygens (including phenoxy) is 1. The minimum Gasteiger partial charge on any atom is -0.373 e. The van der Waals surface area contributed by atoms with Gasteiger partial charge in [-0.3, -0.25) is 4.79 Å². The van der Waals surface area contributed by atoms with Crippen molar-refractivity contribution in [2.24, 2.45) is 5.92 Å². The Morgan fingerprint density at radius 2 is 2.15 bits per heavy atom. The zero-order valence-electron chi connectivity index (χ0n) is 8.52. The van der Waals surface area contributed by atoms with Crippen LogP contribution in [0.3, 0.4) is 0 Å². The van der Waals surface area contributed by atoms with Gasteiger partial charge in [0.05, 0.1) is 17.7 Å². The summed E-state index contributed by atoms with van der Waals surface area (Å²) < 4.78 is 5.58. The maximum Gasteiger partial charge on any atom is 0.223 e. The molecule has 76 valence electrons. The molecule has 0 atom stereocenters. The standard InChI is InChI=1S/C10H17NO2.H2/c1-7(2)8(12)11-10-4-9(3,5-10)13-6-10;/h7H,4-6H2,1-3H3,(H,11,12);1H. The number of carbonyl (C=O) groups excluding carboxylic acids is 1. The van der Waals surface area contributed by atoms with Gasteiger partial charge in [-0.25, -0.2) is 0 Å². The molecule has 0 unspecified atom stereocenters. The third kappa shape index (κ3) is 1.35. The number of rotatable bonds is 2. The molecule has 0 radical (unpaired) electrons. The summed E-state index contributed by atoms with van der Waals surface area (Å²) >= 11 is 0. The van der Waals surface area contributed by atoms with Gasteiger partial charge in [-0.2, -0.15) is 0 Å². The van der Waals surface area contributed by atoms with E-state index in [1.54, 1.807) is 0 Å². The van der Waals surface area contributed by atoms with Crippen LogP contribution in [0.15, 0.2) is 0 Å². The van der Waals surface area contributed by atoms with Crippen LogP contribution in [0, 0.1) is 5.92 Å². The van der Waals surface area contributed by atoms with Gasteiger partial charge in [0.25, 0.3) is 0 Å². The smallest absolute Gasteiger partial charge is 0.223 e. The lowest BCUT2D eigenvalue weighted by molar-refractivity contribution is -0.126. The Labute approximate surface area is 80.3 Å². The molecule has 2 bridgehead atoms. The van der Waals surface area contributed by atoms with Gasteiger partial charge in [0, 0.05) is 20.2 Å². The van der Waals surface area contributed by atoms with Gasteiger partial charge in [-0.05, 0) is 6.92 Å². The molecule has 0 aromatic carbocycles. The van der Waals surface area contributed by atoms with E-state index < -0.39 is 0 Å². The molecule has 2 aliphatic heterocycles. The molecule has 0 aromatic heterocycles. The molecule has 1 amide bonds. The summed E-state index contributed by atoms with van der Waals surface area (Å²) in [4.78, 5) is 11.5. The van der Waals surface area contributed by atoms with Crippen molar-refractivity contribution in [1.82, 2.24) is 5.32 Å². The summed E-state index contributed by atoms with van der Waals surface area (Å²) in [5, 5.41) is 3.08. The number of hydrogen-bond donors (Lipinski definition) is 1. The Balaban J connectivity index is 0.000000980. The van der Waals surface area contributed by atoms with Crippen molar-refractivity contribution in [3.63, 3.8) is 0 Å². The first-order chi connectivity index (χ1) is 5.95. The van der Waals surface area contributed by atoms with E-state index in [-0.39, 0.29) is 24.4 Å². The predicted molar refractivity (Wildman–Crippen MR) is 51.4 cm³/mol. The lowest BCUT2D eigenvalue weighted by Crippen LogP contribution is -2.59. The molecule has 3 nitrogen and oxygen atoms in total. The zero-order chi connectivity index (χ0) is 9.69. The van der Waals surface area contributed by atoms with Crippen LogP contribution >= 0.6 is 0 Å². The van der Waals surface area contributed by atoms with E-state index in [1.807, 2.05) is 13.8 Å². The number of carbonyl (C=O) groups is 1. The molecule has 2 saturated heterocycles. The number of nitrogens with one attached hydrogen (secondary N) is 1. The Bertz CT molecular complexity index is 247. The van der Waals surface area contributed by atoms with Crippen LogP contribution < -0.4 is 5.32 Å². The van der Waals surface area contributed by atoms with Crippen LogP contribution in [0.5, 0.6) is 0 Å². The van der Waals surface area contributed by atoms with E-state index in [2.05, 4.69) is 12.2 Å². The van der Waals surface area contributed by atoms with Gasteiger partial charge in [0.1, 0.15) is 0 Å². The molecule has 3 aliphatic rings. The van der Waals surface area contributed by atoms with Crippen LogP contribution in [-0.4, -0.2) is 23.7 Å². The molecule has 1 N–H and O–H groups in total. The molecule has 0 aromatic rings. The third-order valence-electron chi connectivity index (χ3n) is 3.03. The van der Waals surface area contributed by atoms with Crippen LogP contribution in [-0.2, 0) is 9.53 Å². The number of fused-ring (bicyclic) bond motifs is 1. The van der Waals surface area contributed by atoms with Gasteiger partial charge in [-0.1, -0.05) is 13.8 Å². The summed E-state index contributed by atoms with van der Waals surface area (Å²) in [6.07, 6.45) is 1.97. The minimum atomic E-state index is -0.0178. The molecule has 0 spiro atoms. The van der Waals surface area contributed by atoms with E-state index >= 15 is 0 Å². The van der Waals surface area contributed by atoms with Crippen molar-refractivity contribution in [3.8, 4) is 0 Å². The summed E-state index contributed by atoms with van der Waals surface area (Å²) in [6.45, 7) is 6.64. The molecule has 13 heavy (non-hydrogen) atoms. The van der Waals surface area contributed by atoms with Crippen molar-refractivity contribution < 1.29 is 11.0 Å². The van der Waals surface area contributed by atoms with Crippen LogP contribution in [0.1, 0.15) is 35.0 Å². The quantitative estimate of drug-likeness (QED) is 0.704. The van der Waals surface area contributed by atoms with Crippen LogP contribution in [0.25, 0.3) is 0 Å². The summed E-state index contributed by atoms with van der Waals surface area (Å²) in [7, 11) is 0. The van der Waals surface area contributed by atoms with E-state index in [0.717, 1.165) is 12.8 Å². The Kier molecular flexibility index (Phi) is 1.71. The zero-order valence-corrected chi connectivity index (χ0v) is 8.52. The first kappa shape index (κ1) is 9.00. The minimum absolute atomic E-state index is 0. The first-order valence-corrected chi connectivity index (χ1v) is 4.91. The van der Waals surface area contributed by atoms with Gasteiger partial charge in [0.15, 0.2) is 0 Å². The fourth-order valence-electron chi connectivity index (χ4n) is 2.43. The van der Waals surface area contributed by atoms with Gasteiger partial charge < -0.3 is 10.1 Å². The van der Waals surface area contributed by atoms with Crippen molar-refractivity contribution in [2.75, 3.05) is 6.61 Å². The Hall–Kier alpha value is -0.570. The van der Waals surface area contributed by atoms with Crippen molar-refractivity contribution >= 4 is 5.91 Å². The highest BCUT2D eigenvalue weighted by Crippen LogP contribution is 2.51. The normalized spacial score (nSPS) is 41.8. The fraction of sp³-hybridized carbons (Fsp3) is 0.900. The number of amides is 1. The maximum atomic E-state index is 11.5. The largest absolute Gasteiger partial charge is 0.373 e. The first-order valence-electron chi connectivity index (χ1n) is 4.91. The Morgan fingerprint density at radius 1 is 1.54 bits per heavy atom. The third-order valence-corrected chi connectivity index (χ3v) is 3.03. The molecule has 3 heteroatoms. The Morgan fingerprint density at radius 3 is 2.54 bits per heavy atom. The topological polar surface area (TPSA) is 38.3 Å². The van der Waals surface area contributed by atoms with Crippen molar-refractivity contribution in [2.45, 2.75) is 44.8 Å². The lowest BCUT2D eigenvalue weighted by Gasteiger charge is -2.43. The maximum absolute atomic E-state index is 11.5. The second-order valence-corrected chi connectivity index (χ2v) is 5.02. The molecule has 2 heterocycles.